The summed E-state index contributed by atoms with van der Waals surface area (Å²) < 4.78 is 31.8. The van der Waals surface area contributed by atoms with Crippen LogP contribution in [0.4, 0.5) is 0 Å². The summed E-state index contributed by atoms with van der Waals surface area (Å²) in [5, 5.41) is 19.4. The number of carbonyl (C=O) groups is 1. The Bertz CT molecular complexity index is 559. The highest BCUT2D eigenvalue weighted by Crippen LogP contribution is 2.27. The SMILES string of the molecule is COCC(CCO)NS(=O)(=O)c1c(C)csc1C(=O)O. The lowest BCUT2D eigenvalue weighted by Crippen LogP contribution is -2.39. The number of aryl methyl sites for hydroxylation is 1. The zero-order chi connectivity index (χ0) is 15.3. The van der Waals surface area contributed by atoms with Crippen molar-refractivity contribution in [2.24, 2.45) is 0 Å². The summed E-state index contributed by atoms with van der Waals surface area (Å²) in [6, 6.07) is -0.615. The van der Waals surface area contributed by atoms with Gasteiger partial charge in [0.1, 0.15) is 9.77 Å². The Morgan fingerprint density at radius 1 is 1.55 bits per heavy atom. The Kier molecular flexibility index (Phi) is 6.08. The molecule has 20 heavy (non-hydrogen) atoms. The third kappa shape index (κ3) is 4.00. The van der Waals surface area contributed by atoms with E-state index in [4.69, 9.17) is 14.9 Å². The largest absolute Gasteiger partial charge is 0.477 e. The molecule has 0 spiro atoms. The van der Waals surface area contributed by atoms with Gasteiger partial charge in [0.05, 0.1) is 6.61 Å². The van der Waals surface area contributed by atoms with Gasteiger partial charge in [0.2, 0.25) is 10.0 Å². The Labute approximate surface area is 121 Å². The Balaban J connectivity index is 3.10. The number of ether oxygens (including phenoxy) is 1. The van der Waals surface area contributed by atoms with Crippen LogP contribution in [-0.2, 0) is 14.8 Å². The smallest absolute Gasteiger partial charge is 0.347 e. The first-order valence-corrected chi connectivity index (χ1v) is 8.13. The second-order valence-corrected chi connectivity index (χ2v) is 6.70. The zero-order valence-corrected chi connectivity index (χ0v) is 12.8. The number of aliphatic hydroxyl groups excluding tert-OH is 1. The summed E-state index contributed by atoms with van der Waals surface area (Å²) in [6.07, 6.45) is 0.179. The molecule has 0 bridgehead atoms. The van der Waals surface area contributed by atoms with Crippen molar-refractivity contribution in [1.29, 1.82) is 0 Å². The van der Waals surface area contributed by atoms with E-state index in [2.05, 4.69) is 4.72 Å². The number of nitrogens with one attached hydrogen (secondary N) is 1. The summed E-state index contributed by atoms with van der Waals surface area (Å²) in [5.74, 6) is -1.28. The van der Waals surface area contributed by atoms with Crippen LogP contribution in [0.15, 0.2) is 10.3 Å². The van der Waals surface area contributed by atoms with Crippen molar-refractivity contribution in [2.45, 2.75) is 24.3 Å². The summed E-state index contributed by atoms with van der Waals surface area (Å²) in [7, 11) is -2.56. The standard InChI is InChI=1S/C11H17NO6S2/c1-7-6-19-9(11(14)15)10(7)20(16,17)12-8(3-4-13)5-18-2/h6,8,12-13H,3-5H2,1-2H3,(H,14,15). The average Bonchev–Trinajstić information content (AvgIpc) is 2.72. The predicted molar refractivity (Wildman–Crippen MR) is 73.7 cm³/mol. The molecule has 1 rings (SSSR count). The minimum Gasteiger partial charge on any atom is -0.477 e. The lowest BCUT2D eigenvalue weighted by molar-refractivity contribution is 0.0698. The van der Waals surface area contributed by atoms with Gasteiger partial charge in [-0.15, -0.1) is 11.3 Å². The molecule has 9 heteroatoms. The van der Waals surface area contributed by atoms with Crippen LogP contribution < -0.4 is 4.72 Å². The van der Waals surface area contributed by atoms with E-state index in [0.29, 0.717) is 5.56 Å². The first kappa shape index (κ1) is 17.1. The fourth-order valence-corrected chi connectivity index (χ4v) is 4.61. The van der Waals surface area contributed by atoms with Crippen molar-refractivity contribution in [3.8, 4) is 0 Å². The van der Waals surface area contributed by atoms with Gasteiger partial charge < -0.3 is 14.9 Å². The number of methoxy groups -OCH3 is 1. The van der Waals surface area contributed by atoms with Crippen LogP contribution in [0.5, 0.6) is 0 Å². The van der Waals surface area contributed by atoms with E-state index in [0.717, 1.165) is 11.3 Å². The normalized spacial score (nSPS) is 13.3. The predicted octanol–water partition coefficient (Wildman–Crippen LogP) is 0.430. The molecule has 1 aromatic heterocycles. The second kappa shape index (κ2) is 7.14. The first-order chi connectivity index (χ1) is 9.33. The number of aromatic carboxylic acids is 1. The molecule has 1 heterocycles. The van der Waals surface area contributed by atoms with E-state index in [-0.39, 0.29) is 29.4 Å². The van der Waals surface area contributed by atoms with Crippen LogP contribution in [0.2, 0.25) is 0 Å². The maximum atomic E-state index is 12.3. The van der Waals surface area contributed by atoms with Crippen molar-refractivity contribution in [3.05, 3.63) is 15.8 Å². The van der Waals surface area contributed by atoms with Gasteiger partial charge in [-0.1, -0.05) is 0 Å². The number of rotatable bonds is 8. The molecule has 114 valence electrons. The molecular formula is C11H17NO6S2. The summed E-state index contributed by atoms with van der Waals surface area (Å²) in [4.78, 5) is 10.6. The minimum absolute atomic E-state index is 0.0887. The van der Waals surface area contributed by atoms with Gasteiger partial charge in [-0.05, 0) is 24.3 Å². The van der Waals surface area contributed by atoms with Crippen molar-refractivity contribution < 1.29 is 28.2 Å². The van der Waals surface area contributed by atoms with E-state index in [9.17, 15) is 13.2 Å². The molecule has 0 amide bonds. The molecule has 0 fully saturated rings. The molecule has 1 unspecified atom stereocenters. The molecule has 0 saturated carbocycles. The molecule has 1 atom stereocenters. The lowest BCUT2D eigenvalue weighted by Gasteiger charge is -2.17. The number of thiophene rings is 1. The Hall–Kier alpha value is -1.00. The van der Waals surface area contributed by atoms with Crippen LogP contribution in [0.25, 0.3) is 0 Å². The zero-order valence-electron chi connectivity index (χ0n) is 11.1. The van der Waals surface area contributed by atoms with Crippen molar-refractivity contribution in [2.75, 3.05) is 20.3 Å². The van der Waals surface area contributed by atoms with E-state index in [1.54, 1.807) is 0 Å². The van der Waals surface area contributed by atoms with Crippen LogP contribution in [-0.4, -0.2) is 51.0 Å². The number of aliphatic hydroxyl groups is 1. The molecule has 0 aliphatic carbocycles. The van der Waals surface area contributed by atoms with Gasteiger partial charge in [0.15, 0.2) is 0 Å². The number of carboxylic acids is 1. The van der Waals surface area contributed by atoms with Crippen molar-refractivity contribution in [3.63, 3.8) is 0 Å². The average molecular weight is 323 g/mol. The van der Waals surface area contributed by atoms with Crippen molar-refractivity contribution >= 4 is 27.3 Å². The molecule has 0 aliphatic heterocycles. The fourth-order valence-electron chi connectivity index (χ4n) is 1.73. The van der Waals surface area contributed by atoms with Gasteiger partial charge in [-0.3, -0.25) is 0 Å². The van der Waals surface area contributed by atoms with E-state index >= 15 is 0 Å². The molecule has 0 saturated heterocycles. The lowest BCUT2D eigenvalue weighted by atomic mass is 10.2. The second-order valence-electron chi connectivity index (χ2n) is 4.17. The number of sulfonamides is 1. The quantitative estimate of drug-likeness (QED) is 0.639. The summed E-state index contributed by atoms with van der Waals surface area (Å²) >= 11 is 0.866. The highest BCUT2D eigenvalue weighted by Gasteiger charge is 2.28. The van der Waals surface area contributed by atoms with Gasteiger partial charge in [0, 0.05) is 19.8 Å². The molecular weight excluding hydrogens is 306 g/mol. The van der Waals surface area contributed by atoms with Crippen LogP contribution in [0, 0.1) is 6.92 Å². The number of hydrogen-bond acceptors (Lipinski definition) is 6. The summed E-state index contributed by atoms with van der Waals surface area (Å²) in [6.45, 7) is 1.42. The maximum absolute atomic E-state index is 12.3. The summed E-state index contributed by atoms with van der Waals surface area (Å²) in [5.41, 5.74) is 0.375. The van der Waals surface area contributed by atoms with Crippen molar-refractivity contribution in [1.82, 2.24) is 4.72 Å². The van der Waals surface area contributed by atoms with Crippen LogP contribution >= 0.6 is 11.3 Å². The first-order valence-electron chi connectivity index (χ1n) is 5.77. The monoisotopic (exact) mass is 323 g/mol. The highest BCUT2D eigenvalue weighted by molar-refractivity contribution is 7.89. The van der Waals surface area contributed by atoms with Gasteiger partial charge in [0.25, 0.3) is 0 Å². The minimum atomic E-state index is -3.98. The topological polar surface area (TPSA) is 113 Å². The fraction of sp³-hybridized carbons (Fsp3) is 0.545. The Morgan fingerprint density at radius 2 is 2.20 bits per heavy atom. The number of carboxylic acid groups (broad SMARTS) is 1. The van der Waals surface area contributed by atoms with Crippen LogP contribution in [0.1, 0.15) is 21.7 Å². The molecule has 0 aliphatic rings. The van der Waals surface area contributed by atoms with Gasteiger partial charge in [-0.25, -0.2) is 17.9 Å². The van der Waals surface area contributed by atoms with Gasteiger partial charge >= 0.3 is 5.97 Å². The number of hydrogen-bond donors (Lipinski definition) is 3. The van der Waals surface area contributed by atoms with E-state index in [1.807, 2.05) is 0 Å². The molecule has 0 radical (unpaired) electrons. The molecule has 1 aromatic rings. The third-order valence-electron chi connectivity index (χ3n) is 2.55. The Morgan fingerprint density at radius 3 is 2.70 bits per heavy atom. The van der Waals surface area contributed by atoms with Crippen LogP contribution in [0.3, 0.4) is 0 Å². The molecule has 3 N–H and O–H groups in total. The maximum Gasteiger partial charge on any atom is 0.347 e. The van der Waals surface area contributed by atoms with E-state index in [1.165, 1.54) is 19.4 Å². The van der Waals surface area contributed by atoms with E-state index < -0.39 is 22.0 Å². The third-order valence-corrected chi connectivity index (χ3v) is 5.47. The van der Waals surface area contributed by atoms with Gasteiger partial charge in [-0.2, -0.15) is 0 Å². The molecule has 7 nitrogen and oxygen atoms in total. The highest BCUT2D eigenvalue weighted by atomic mass is 32.2. The molecule has 0 aromatic carbocycles.